The molecule has 0 amide bonds. The molecule has 5 nitrogen and oxygen atoms in total. The highest BCUT2D eigenvalue weighted by Crippen LogP contribution is 2.32. The lowest BCUT2D eigenvalue weighted by Gasteiger charge is -2.16. The number of hydrogen-bond donors (Lipinski definition) is 1. The second-order valence-corrected chi connectivity index (χ2v) is 7.30. The Morgan fingerprint density at radius 1 is 0.963 bits per heavy atom. The molecule has 2 aromatic carbocycles. The van der Waals surface area contributed by atoms with Gasteiger partial charge in [-0.1, -0.05) is 65.8 Å². The predicted octanol–water partition coefficient (Wildman–Crippen LogP) is 3.03. The maximum absolute atomic E-state index is 6.04. The zero-order valence-corrected chi connectivity index (χ0v) is 15.5. The van der Waals surface area contributed by atoms with Gasteiger partial charge in [0.25, 0.3) is 0 Å². The van der Waals surface area contributed by atoms with Crippen molar-refractivity contribution in [1.82, 2.24) is 15.0 Å². The summed E-state index contributed by atoms with van der Waals surface area (Å²) in [4.78, 5) is 6.97. The van der Waals surface area contributed by atoms with Gasteiger partial charge in [-0.05, 0) is 30.0 Å². The fraction of sp³-hybridized carbons (Fsp3) is 0.364. The van der Waals surface area contributed by atoms with Gasteiger partial charge in [0.15, 0.2) is 5.82 Å². The van der Waals surface area contributed by atoms with Crippen LogP contribution in [0.2, 0.25) is 0 Å². The van der Waals surface area contributed by atoms with Crippen molar-refractivity contribution in [3.8, 4) is 0 Å². The van der Waals surface area contributed by atoms with E-state index >= 15 is 0 Å². The maximum Gasteiger partial charge on any atom is 0.240 e. The van der Waals surface area contributed by atoms with Crippen LogP contribution < -0.4 is 5.73 Å². The van der Waals surface area contributed by atoms with Crippen molar-refractivity contribution < 1.29 is 4.52 Å². The van der Waals surface area contributed by atoms with Crippen molar-refractivity contribution in [3.63, 3.8) is 0 Å². The van der Waals surface area contributed by atoms with Gasteiger partial charge in [-0.25, -0.2) is 0 Å². The van der Waals surface area contributed by atoms with E-state index < -0.39 is 0 Å². The molecule has 5 heteroatoms. The molecule has 1 aromatic heterocycles. The van der Waals surface area contributed by atoms with Crippen LogP contribution in [0.1, 0.15) is 28.8 Å². The lowest BCUT2D eigenvalue weighted by molar-refractivity contribution is 0.259. The molecule has 1 aliphatic heterocycles. The van der Waals surface area contributed by atoms with Gasteiger partial charge in [-0.2, -0.15) is 4.98 Å². The molecule has 2 heterocycles. The monoisotopic (exact) mass is 362 g/mol. The highest BCUT2D eigenvalue weighted by molar-refractivity contribution is 5.22. The van der Waals surface area contributed by atoms with Gasteiger partial charge in [-0.15, -0.1) is 0 Å². The van der Waals surface area contributed by atoms with E-state index in [0.29, 0.717) is 30.8 Å². The van der Waals surface area contributed by atoms with Crippen molar-refractivity contribution in [1.29, 1.82) is 0 Å². The summed E-state index contributed by atoms with van der Waals surface area (Å²) < 4.78 is 5.49. The molecule has 1 saturated heterocycles. The highest BCUT2D eigenvalue weighted by Gasteiger charge is 2.33. The lowest BCUT2D eigenvalue weighted by atomic mass is 9.89. The van der Waals surface area contributed by atoms with Gasteiger partial charge in [-0.3, -0.25) is 4.90 Å². The fourth-order valence-electron chi connectivity index (χ4n) is 3.95. The molecule has 3 aromatic rings. The Labute approximate surface area is 160 Å². The molecule has 4 rings (SSSR count). The number of hydrogen-bond acceptors (Lipinski definition) is 5. The van der Waals surface area contributed by atoms with Crippen LogP contribution in [-0.2, 0) is 19.4 Å². The van der Waals surface area contributed by atoms with Crippen LogP contribution in [0.5, 0.6) is 0 Å². The summed E-state index contributed by atoms with van der Waals surface area (Å²) in [5.74, 6) is 2.41. The molecule has 2 atom stereocenters. The van der Waals surface area contributed by atoms with E-state index in [-0.39, 0.29) is 0 Å². The first-order valence-corrected chi connectivity index (χ1v) is 9.64. The second kappa shape index (κ2) is 8.46. The van der Waals surface area contributed by atoms with E-state index in [1.54, 1.807) is 0 Å². The number of rotatable bonds is 7. The van der Waals surface area contributed by atoms with Crippen LogP contribution in [0.25, 0.3) is 0 Å². The van der Waals surface area contributed by atoms with Crippen molar-refractivity contribution >= 4 is 0 Å². The van der Waals surface area contributed by atoms with E-state index in [1.165, 1.54) is 11.1 Å². The van der Waals surface area contributed by atoms with Crippen molar-refractivity contribution in [3.05, 3.63) is 83.5 Å². The minimum Gasteiger partial charge on any atom is -0.338 e. The van der Waals surface area contributed by atoms with E-state index in [4.69, 9.17) is 10.3 Å². The van der Waals surface area contributed by atoms with Crippen LogP contribution in [0, 0.1) is 5.92 Å². The Kier molecular flexibility index (Phi) is 5.61. The van der Waals surface area contributed by atoms with Gasteiger partial charge >= 0.3 is 0 Å². The van der Waals surface area contributed by atoms with Gasteiger partial charge < -0.3 is 10.3 Å². The molecule has 0 saturated carbocycles. The molecule has 140 valence electrons. The fourth-order valence-corrected chi connectivity index (χ4v) is 3.95. The zero-order chi connectivity index (χ0) is 18.5. The molecule has 1 aliphatic rings. The Morgan fingerprint density at radius 2 is 1.70 bits per heavy atom. The number of aromatic nitrogens is 2. The van der Waals surface area contributed by atoms with Crippen LogP contribution in [0.4, 0.5) is 0 Å². The molecular formula is C22H26N4O. The Bertz CT molecular complexity index is 834. The first-order chi connectivity index (χ1) is 13.3. The second-order valence-electron chi connectivity index (χ2n) is 7.30. The van der Waals surface area contributed by atoms with Crippen molar-refractivity contribution in [2.24, 2.45) is 11.7 Å². The normalized spacial score (nSPS) is 20.2. The standard InChI is InChI=1S/C22H26N4O/c23-13-19-14-26(15-20(19)18-9-5-2-6-10-18)16-22-24-21(25-27-22)12-11-17-7-3-1-4-8-17/h1-10,19-20H,11-16,23H2/t19-,20+/m1/s1. The van der Waals surface area contributed by atoms with Gasteiger partial charge in [0.2, 0.25) is 5.89 Å². The summed E-state index contributed by atoms with van der Waals surface area (Å²) >= 11 is 0. The number of likely N-dealkylation sites (tertiary alicyclic amines) is 1. The maximum atomic E-state index is 6.04. The summed E-state index contributed by atoms with van der Waals surface area (Å²) in [6.07, 6.45) is 1.72. The van der Waals surface area contributed by atoms with Crippen molar-refractivity contribution in [2.75, 3.05) is 19.6 Å². The average molecular weight is 362 g/mol. The molecule has 0 unspecified atom stereocenters. The molecule has 0 spiro atoms. The van der Waals surface area contributed by atoms with Crippen LogP contribution in [0.15, 0.2) is 65.2 Å². The third-order valence-corrected chi connectivity index (χ3v) is 5.40. The van der Waals surface area contributed by atoms with Gasteiger partial charge in [0, 0.05) is 25.4 Å². The third kappa shape index (κ3) is 4.43. The Balaban J connectivity index is 1.35. The summed E-state index contributed by atoms with van der Waals surface area (Å²) in [7, 11) is 0. The van der Waals surface area contributed by atoms with E-state index in [9.17, 15) is 0 Å². The van der Waals surface area contributed by atoms with Crippen molar-refractivity contribution in [2.45, 2.75) is 25.3 Å². The highest BCUT2D eigenvalue weighted by atomic mass is 16.5. The average Bonchev–Trinajstić information content (AvgIpc) is 3.35. The summed E-state index contributed by atoms with van der Waals surface area (Å²) in [6.45, 7) is 3.34. The van der Waals surface area contributed by atoms with E-state index in [0.717, 1.165) is 31.8 Å². The zero-order valence-electron chi connectivity index (χ0n) is 15.5. The van der Waals surface area contributed by atoms with E-state index in [1.807, 2.05) is 6.07 Å². The number of benzene rings is 2. The SMILES string of the molecule is NC[C@@H]1CN(Cc2nc(CCc3ccccc3)no2)C[C@H]1c1ccccc1. The first-order valence-electron chi connectivity index (χ1n) is 9.64. The molecule has 0 aliphatic carbocycles. The largest absolute Gasteiger partial charge is 0.338 e. The molecule has 1 fully saturated rings. The van der Waals surface area contributed by atoms with Crippen LogP contribution in [0.3, 0.4) is 0 Å². The Morgan fingerprint density at radius 3 is 2.44 bits per heavy atom. The minimum absolute atomic E-state index is 0.466. The summed E-state index contributed by atoms with van der Waals surface area (Å²) in [6, 6.07) is 21.1. The lowest BCUT2D eigenvalue weighted by Crippen LogP contribution is -2.23. The van der Waals surface area contributed by atoms with Crippen LogP contribution >= 0.6 is 0 Å². The molecule has 27 heavy (non-hydrogen) atoms. The number of aryl methyl sites for hydroxylation is 2. The predicted molar refractivity (Wildman–Crippen MR) is 105 cm³/mol. The van der Waals surface area contributed by atoms with E-state index in [2.05, 4.69) is 69.6 Å². The Hall–Kier alpha value is -2.50. The van der Waals surface area contributed by atoms with Gasteiger partial charge in [0.05, 0.1) is 6.54 Å². The molecule has 0 radical (unpaired) electrons. The molecule has 0 bridgehead atoms. The minimum atomic E-state index is 0.466. The van der Waals surface area contributed by atoms with Crippen LogP contribution in [-0.4, -0.2) is 34.7 Å². The third-order valence-electron chi connectivity index (χ3n) is 5.40. The quantitative estimate of drug-likeness (QED) is 0.700. The van der Waals surface area contributed by atoms with Gasteiger partial charge in [0.1, 0.15) is 0 Å². The topological polar surface area (TPSA) is 68.2 Å². The number of nitrogens with two attached hydrogens (primary N) is 1. The summed E-state index contributed by atoms with van der Waals surface area (Å²) in [5, 5.41) is 4.15. The smallest absolute Gasteiger partial charge is 0.240 e. The molecule has 2 N–H and O–H groups in total. The number of nitrogens with zero attached hydrogens (tertiary/aromatic N) is 3. The molecular weight excluding hydrogens is 336 g/mol. The first kappa shape index (κ1) is 17.9. The summed E-state index contributed by atoms with van der Waals surface area (Å²) in [5.41, 5.74) is 8.69.